The fraction of sp³-hybridized carbons (Fsp3) is 0.320. The molecule has 0 spiro atoms. The van der Waals surface area contributed by atoms with Gasteiger partial charge in [0.1, 0.15) is 0 Å². The number of nitrogens with zero attached hydrogens (tertiary/aromatic N) is 3. The Morgan fingerprint density at radius 1 is 0.939 bits per heavy atom. The molecule has 0 unspecified atom stereocenters. The van der Waals surface area contributed by atoms with Gasteiger partial charge in [-0.3, -0.25) is 19.2 Å². The number of hydrogen-bond donors (Lipinski definition) is 2. The van der Waals surface area contributed by atoms with Crippen molar-refractivity contribution >= 4 is 23.2 Å². The highest BCUT2D eigenvalue weighted by Gasteiger charge is 2.19. The number of benzene rings is 2. The van der Waals surface area contributed by atoms with Crippen molar-refractivity contribution in [2.75, 3.05) is 43.5 Å². The number of aromatic nitrogens is 2. The molecule has 0 radical (unpaired) electrons. The number of hydrogen-bond acceptors (Lipinski definition) is 5. The van der Waals surface area contributed by atoms with Gasteiger partial charge < -0.3 is 15.4 Å². The summed E-state index contributed by atoms with van der Waals surface area (Å²) < 4.78 is 7.16. The fourth-order valence-electron chi connectivity index (χ4n) is 3.93. The molecule has 2 aromatic carbocycles. The predicted octanol–water partition coefficient (Wildman–Crippen LogP) is 3.07. The Bertz CT molecular complexity index is 1100. The van der Waals surface area contributed by atoms with Gasteiger partial charge in [0, 0.05) is 30.2 Å². The van der Waals surface area contributed by atoms with Gasteiger partial charge in [0.25, 0.3) is 5.91 Å². The van der Waals surface area contributed by atoms with E-state index in [0.29, 0.717) is 48.9 Å². The van der Waals surface area contributed by atoms with E-state index >= 15 is 0 Å². The van der Waals surface area contributed by atoms with Crippen LogP contribution in [0.15, 0.2) is 54.6 Å². The van der Waals surface area contributed by atoms with Gasteiger partial charge in [0.05, 0.1) is 37.6 Å². The number of rotatable bonds is 7. The van der Waals surface area contributed by atoms with Crippen LogP contribution in [0.4, 0.5) is 11.4 Å². The van der Waals surface area contributed by atoms with Gasteiger partial charge in [-0.15, -0.1) is 0 Å². The Balaban J connectivity index is 1.36. The van der Waals surface area contributed by atoms with E-state index in [4.69, 9.17) is 4.74 Å². The molecule has 172 valence electrons. The second-order valence-electron chi connectivity index (χ2n) is 8.16. The summed E-state index contributed by atoms with van der Waals surface area (Å²) in [4.78, 5) is 27.3. The van der Waals surface area contributed by atoms with Crippen molar-refractivity contribution in [2.45, 2.75) is 20.4 Å². The maximum atomic E-state index is 13.0. The van der Waals surface area contributed by atoms with Crippen LogP contribution < -0.4 is 10.6 Å². The zero-order valence-corrected chi connectivity index (χ0v) is 19.0. The second kappa shape index (κ2) is 10.4. The number of nitrogens with one attached hydrogen (secondary N) is 2. The number of carbonyl (C=O) groups is 2. The summed E-state index contributed by atoms with van der Waals surface area (Å²) in [5, 5.41) is 10.4. The molecule has 2 N–H and O–H groups in total. The van der Waals surface area contributed by atoms with Crippen molar-refractivity contribution in [1.82, 2.24) is 14.7 Å². The van der Waals surface area contributed by atoms with Crippen molar-refractivity contribution in [1.29, 1.82) is 0 Å². The van der Waals surface area contributed by atoms with Gasteiger partial charge in [-0.25, -0.2) is 0 Å². The number of anilines is 2. The highest BCUT2D eigenvalue weighted by Crippen LogP contribution is 2.19. The lowest BCUT2D eigenvalue weighted by Gasteiger charge is -2.25. The third-order valence-corrected chi connectivity index (χ3v) is 5.68. The first-order chi connectivity index (χ1) is 16.0. The predicted molar refractivity (Wildman–Crippen MR) is 128 cm³/mol. The van der Waals surface area contributed by atoms with E-state index < -0.39 is 0 Å². The highest BCUT2D eigenvalue weighted by atomic mass is 16.5. The third-order valence-electron chi connectivity index (χ3n) is 5.68. The molecule has 1 aromatic heterocycles. The smallest absolute Gasteiger partial charge is 0.259 e. The molecule has 8 heteroatoms. The van der Waals surface area contributed by atoms with Crippen molar-refractivity contribution < 1.29 is 14.3 Å². The summed E-state index contributed by atoms with van der Waals surface area (Å²) >= 11 is 0. The van der Waals surface area contributed by atoms with Crippen molar-refractivity contribution in [2.24, 2.45) is 0 Å². The molecule has 0 aliphatic carbocycles. The van der Waals surface area contributed by atoms with Gasteiger partial charge in [0.2, 0.25) is 5.91 Å². The number of aryl methyl sites for hydroxylation is 1. The average molecular weight is 448 g/mol. The summed E-state index contributed by atoms with van der Waals surface area (Å²) in [6, 6.07) is 17.2. The normalized spacial score (nSPS) is 14.1. The van der Waals surface area contributed by atoms with Crippen LogP contribution >= 0.6 is 0 Å². The van der Waals surface area contributed by atoms with E-state index in [9.17, 15) is 9.59 Å². The lowest BCUT2D eigenvalue weighted by Crippen LogP contribution is -2.41. The molecule has 3 aromatic rings. The van der Waals surface area contributed by atoms with E-state index in [1.54, 1.807) is 24.3 Å². The Morgan fingerprint density at radius 3 is 2.24 bits per heavy atom. The summed E-state index contributed by atoms with van der Waals surface area (Å²) in [5.41, 5.74) is 4.55. The molecule has 1 aliphatic heterocycles. The zero-order chi connectivity index (χ0) is 23.2. The summed E-state index contributed by atoms with van der Waals surface area (Å²) in [6.07, 6.45) is 0. The Morgan fingerprint density at radius 2 is 1.58 bits per heavy atom. The van der Waals surface area contributed by atoms with Gasteiger partial charge in [-0.2, -0.15) is 5.10 Å². The quantitative estimate of drug-likeness (QED) is 0.581. The molecular formula is C25H29N5O3. The minimum atomic E-state index is -0.201. The van der Waals surface area contributed by atoms with E-state index in [0.717, 1.165) is 24.3 Å². The molecule has 4 rings (SSSR count). The standard InChI is InChI=1S/C25H29N5O3/c1-18-24(19(2)30(28-18)16-20-6-4-3-5-7-20)25(32)27-22-10-8-21(9-11-22)26-23(31)17-29-12-14-33-15-13-29/h3-11H,12-17H2,1-2H3,(H,26,31)(H,27,32). The largest absolute Gasteiger partial charge is 0.379 e. The first-order valence-electron chi connectivity index (χ1n) is 11.1. The SMILES string of the molecule is Cc1nn(Cc2ccccc2)c(C)c1C(=O)Nc1ccc(NC(=O)CN2CCOCC2)cc1. The van der Waals surface area contributed by atoms with Crippen molar-refractivity contribution in [3.63, 3.8) is 0 Å². The lowest BCUT2D eigenvalue weighted by molar-refractivity contribution is -0.118. The van der Waals surface area contributed by atoms with Crippen LogP contribution in [0.1, 0.15) is 27.3 Å². The van der Waals surface area contributed by atoms with E-state index in [-0.39, 0.29) is 11.8 Å². The first kappa shape index (κ1) is 22.7. The fourth-order valence-corrected chi connectivity index (χ4v) is 3.93. The van der Waals surface area contributed by atoms with Crippen LogP contribution in [0.5, 0.6) is 0 Å². The van der Waals surface area contributed by atoms with Crippen LogP contribution in [0.25, 0.3) is 0 Å². The Kier molecular flexibility index (Phi) is 7.16. The van der Waals surface area contributed by atoms with Gasteiger partial charge in [-0.1, -0.05) is 30.3 Å². The van der Waals surface area contributed by atoms with E-state index in [1.165, 1.54) is 0 Å². The van der Waals surface area contributed by atoms with Crippen molar-refractivity contribution in [3.05, 3.63) is 77.1 Å². The van der Waals surface area contributed by atoms with Gasteiger partial charge >= 0.3 is 0 Å². The zero-order valence-electron chi connectivity index (χ0n) is 19.0. The van der Waals surface area contributed by atoms with Crippen LogP contribution in [0.2, 0.25) is 0 Å². The lowest BCUT2D eigenvalue weighted by atomic mass is 10.1. The van der Waals surface area contributed by atoms with Crippen LogP contribution in [-0.2, 0) is 16.1 Å². The third kappa shape index (κ3) is 5.85. The van der Waals surface area contributed by atoms with E-state index in [2.05, 4.69) is 20.6 Å². The molecule has 8 nitrogen and oxygen atoms in total. The molecule has 33 heavy (non-hydrogen) atoms. The average Bonchev–Trinajstić information content (AvgIpc) is 3.09. The minimum Gasteiger partial charge on any atom is -0.379 e. The summed E-state index contributed by atoms with van der Waals surface area (Å²) in [6.45, 7) is 7.55. The van der Waals surface area contributed by atoms with E-state index in [1.807, 2.05) is 48.9 Å². The monoisotopic (exact) mass is 447 g/mol. The minimum absolute atomic E-state index is 0.0641. The molecule has 2 heterocycles. The van der Waals surface area contributed by atoms with Gasteiger partial charge in [-0.05, 0) is 43.7 Å². The Labute approximate surface area is 193 Å². The molecule has 2 amide bonds. The molecule has 0 bridgehead atoms. The second-order valence-corrected chi connectivity index (χ2v) is 8.16. The topological polar surface area (TPSA) is 88.5 Å². The first-order valence-corrected chi connectivity index (χ1v) is 11.1. The highest BCUT2D eigenvalue weighted by molar-refractivity contribution is 6.06. The molecule has 1 fully saturated rings. The summed E-state index contributed by atoms with van der Waals surface area (Å²) in [5.74, 6) is -0.265. The number of morpholine rings is 1. The Hall–Kier alpha value is -3.49. The van der Waals surface area contributed by atoms with Crippen LogP contribution in [0.3, 0.4) is 0 Å². The number of ether oxygens (including phenoxy) is 1. The molecular weight excluding hydrogens is 418 g/mol. The molecule has 0 saturated carbocycles. The number of amides is 2. The summed E-state index contributed by atoms with van der Waals surface area (Å²) in [7, 11) is 0. The maximum absolute atomic E-state index is 13.0. The van der Waals surface area contributed by atoms with Crippen LogP contribution in [-0.4, -0.2) is 59.3 Å². The molecule has 1 aliphatic rings. The number of carbonyl (C=O) groups excluding carboxylic acids is 2. The van der Waals surface area contributed by atoms with Crippen molar-refractivity contribution in [3.8, 4) is 0 Å². The maximum Gasteiger partial charge on any atom is 0.259 e. The van der Waals surface area contributed by atoms with Crippen LogP contribution in [0, 0.1) is 13.8 Å². The molecule has 0 atom stereocenters. The van der Waals surface area contributed by atoms with Gasteiger partial charge in [0.15, 0.2) is 0 Å². The molecule has 1 saturated heterocycles.